The standard InChI is InChI=1S/C26H31N3O4S/c1-16-8-7-9-21(17(16)2)27-24(30)22-18(3)29(14-15-33-6)23(28-22)19-10-12-20(13-11-19)34-26(4,5)25(31)32/h7-13H,14-15H2,1-6H3,(H,27,30)(H,31,32). The fourth-order valence-electron chi connectivity index (χ4n) is 3.50. The lowest BCUT2D eigenvalue weighted by Crippen LogP contribution is -2.26. The minimum atomic E-state index is -0.936. The molecule has 0 bridgehead atoms. The summed E-state index contributed by atoms with van der Waals surface area (Å²) >= 11 is 1.28. The summed E-state index contributed by atoms with van der Waals surface area (Å²) in [6.45, 7) is 10.2. The monoisotopic (exact) mass is 481 g/mol. The Labute approximate surface area is 204 Å². The van der Waals surface area contributed by atoms with Crippen LogP contribution in [-0.4, -0.2) is 45.0 Å². The molecule has 0 radical (unpaired) electrons. The van der Waals surface area contributed by atoms with E-state index in [4.69, 9.17) is 9.72 Å². The molecule has 0 spiro atoms. The predicted molar refractivity (Wildman–Crippen MR) is 136 cm³/mol. The molecule has 0 aliphatic heterocycles. The number of aromatic nitrogens is 2. The van der Waals surface area contributed by atoms with Crippen LogP contribution in [0.1, 0.15) is 41.2 Å². The summed E-state index contributed by atoms with van der Waals surface area (Å²) in [5.41, 5.74) is 4.83. The molecule has 0 aliphatic carbocycles. The number of carbonyl (C=O) groups excluding carboxylic acids is 1. The van der Waals surface area contributed by atoms with Crippen molar-refractivity contribution in [2.75, 3.05) is 19.0 Å². The number of aryl methyl sites for hydroxylation is 1. The van der Waals surface area contributed by atoms with Crippen molar-refractivity contribution in [3.8, 4) is 11.4 Å². The average molecular weight is 482 g/mol. The van der Waals surface area contributed by atoms with Gasteiger partial charge in [0, 0.05) is 35.5 Å². The predicted octanol–water partition coefficient (Wildman–Crippen LogP) is 5.33. The van der Waals surface area contributed by atoms with E-state index in [1.54, 1.807) is 21.0 Å². The van der Waals surface area contributed by atoms with E-state index in [0.717, 1.165) is 33.0 Å². The maximum Gasteiger partial charge on any atom is 0.319 e. The van der Waals surface area contributed by atoms with Gasteiger partial charge in [-0.05, 0) is 63.9 Å². The number of amides is 1. The number of hydrogen-bond donors (Lipinski definition) is 2. The highest BCUT2D eigenvalue weighted by Gasteiger charge is 2.28. The van der Waals surface area contributed by atoms with Crippen molar-refractivity contribution in [2.45, 2.75) is 50.8 Å². The molecule has 1 aromatic heterocycles. The van der Waals surface area contributed by atoms with Crippen molar-refractivity contribution in [3.05, 3.63) is 65.0 Å². The number of nitrogens with one attached hydrogen (secondary N) is 1. The van der Waals surface area contributed by atoms with Gasteiger partial charge in [-0.15, -0.1) is 11.8 Å². The van der Waals surface area contributed by atoms with Crippen LogP contribution in [-0.2, 0) is 16.1 Å². The van der Waals surface area contributed by atoms with Crippen LogP contribution in [0.4, 0.5) is 5.69 Å². The summed E-state index contributed by atoms with van der Waals surface area (Å²) < 4.78 is 6.31. The van der Waals surface area contributed by atoms with Crippen molar-refractivity contribution in [1.29, 1.82) is 0 Å². The lowest BCUT2D eigenvalue weighted by Gasteiger charge is -2.18. The van der Waals surface area contributed by atoms with E-state index >= 15 is 0 Å². The molecule has 0 saturated carbocycles. The van der Waals surface area contributed by atoms with Crippen molar-refractivity contribution in [1.82, 2.24) is 9.55 Å². The van der Waals surface area contributed by atoms with E-state index in [1.165, 1.54) is 11.8 Å². The molecule has 34 heavy (non-hydrogen) atoms. The van der Waals surface area contributed by atoms with E-state index < -0.39 is 10.7 Å². The van der Waals surface area contributed by atoms with Gasteiger partial charge in [0.15, 0.2) is 0 Å². The molecule has 0 unspecified atom stereocenters. The summed E-state index contributed by atoms with van der Waals surface area (Å²) in [5, 5.41) is 12.4. The third-order valence-electron chi connectivity index (χ3n) is 5.81. The number of ether oxygens (including phenoxy) is 1. The van der Waals surface area contributed by atoms with Crippen LogP contribution >= 0.6 is 11.8 Å². The number of carboxylic acids is 1. The molecule has 180 valence electrons. The van der Waals surface area contributed by atoms with Gasteiger partial charge in [0.25, 0.3) is 5.91 Å². The van der Waals surface area contributed by atoms with Gasteiger partial charge in [0.2, 0.25) is 0 Å². The number of nitrogens with zero attached hydrogens (tertiary/aromatic N) is 2. The first kappa shape index (κ1) is 25.5. The Kier molecular flexibility index (Phi) is 7.84. The average Bonchev–Trinajstić information content (AvgIpc) is 3.11. The number of carbonyl (C=O) groups is 2. The number of methoxy groups -OCH3 is 1. The van der Waals surface area contributed by atoms with Crippen molar-refractivity contribution >= 4 is 29.3 Å². The van der Waals surface area contributed by atoms with E-state index in [1.807, 2.05) is 67.8 Å². The number of benzene rings is 2. The van der Waals surface area contributed by atoms with E-state index in [0.29, 0.717) is 24.7 Å². The van der Waals surface area contributed by atoms with Gasteiger partial charge < -0.3 is 19.7 Å². The Morgan fingerprint density at radius 2 is 1.79 bits per heavy atom. The number of aliphatic carboxylic acids is 1. The SMILES string of the molecule is COCCn1c(-c2ccc(SC(C)(C)C(=O)O)cc2)nc(C(=O)Nc2cccc(C)c2C)c1C. The molecular weight excluding hydrogens is 450 g/mol. The zero-order valence-electron chi connectivity index (χ0n) is 20.4. The molecule has 7 nitrogen and oxygen atoms in total. The van der Waals surface area contributed by atoms with E-state index in [2.05, 4.69) is 5.32 Å². The van der Waals surface area contributed by atoms with Gasteiger partial charge in [0.05, 0.1) is 6.61 Å². The van der Waals surface area contributed by atoms with Gasteiger partial charge in [-0.2, -0.15) is 0 Å². The maximum atomic E-state index is 13.2. The summed E-state index contributed by atoms with van der Waals surface area (Å²) in [5.74, 6) is -0.472. The number of thioether (sulfide) groups is 1. The van der Waals surface area contributed by atoms with E-state index in [-0.39, 0.29) is 5.91 Å². The number of anilines is 1. The van der Waals surface area contributed by atoms with Crippen LogP contribution in [0.5, 0.6) is 0 Å². The zero-order valence-corrected chi connectivity index (χ0v) is 21.2. The highest BCUT2D eigenvalue weighted by molar-refractivity contribution is 8.01. The van der Waals surface area contributed by atoms with Gasteiger partial charge in [-0.1, -0.05) is 24.3 Å². The molecule has 3 aromatic rings. The maximum absolute atomic E-state index is 13.2. The quantitative estimate of drug-likeness (QED) is 0.401. The second-order valence-corrected chi connectivity index (χ2v) is 10.4. The Morgan fingerprint density at radius 1 is 1.12 bits per heavy atom. The normalized spacial score (nSPS) is 11.5. The molecule has 0 aliphatic rings. The number of hydrogen-bond acceptors (Lipinski definition) is 5. The Hall–Kier alpha value is -3.10. The van der Waals surface area contributed by atoms with Gasteiger partial charge in [-0.25, -0.2) is 4.98 Å². The second kappa shape index (κ2) is 10.4. The fraction of sp³-hybridized carbons (Fsp3) is 0.346. The first-order valence-electron chi connectivity index (χ1n) is 11.0. The third kappa shape index (κ3) is 5.51. The Bertz CT molecular complexity index is 1200. The minimum Gasteiger partial charge on any atom is -0.480 e. The van der Waals surface area contributed by atoms with Crippen LogP contribution in [0.15, 0.2) is 47.4 Å². The molecule has 8 heteroatoms. The highest BCUT2D eigenvalue weighted by Crippen LogP contribution is 2.34. The molecule has 2 aromatic carbocycles. The van der Waals surface area contributed by atoms with Crippen LogP contribution in [0, 0.1) is 20.8 Å². The van der Waals surface area contributed by atoms with Crippen molar-refractivity contribution in [3.63, 3.8) is 0 Å². The number of rotatable bonds is 9. The molecule has 1 heterocycles. The minimum absolute atomic E-state index is 0.265. The Morgan fingerprint density at radius 3 is 2.41 bits per heavy atom. The molecule has 3 rings (SSSR count). The summed E-state index contributed by atoms with van der Waals surface area (Å²) in [6, 6.07) is 13.4. The Balaban J connectivity index is 1.94. The molecule has 1 amide bonds. The van der Waals surface area contributed by atoms with Gasteiger partial charge in [-0.3, -0.25) is 9.59 Å². The summed E-state index contributed by atoms with van der Waals surface area (Å²) in [6.07, 6.45) is 0. The highest BCUT2D eigenvalue weighted by atomic mass is 32.2. The number of carboxylic acid groups (broad SMARTS) is 1. The van der Waals surface area contributed by atoms with Crippen LogP contribution in [0.25, 0.3) is 11.4 Å². The van der Waals surface area contributed by atoms with E-state index in [9.17, 15) is 14.7 Å². The van der Waals surface area contributed by atoms with Crippen LogP contribution < -0.4 is 5.32 Å². The van der Waals surface area contributed by atoms with Gasteiger partial charge >= 0.3 is 5.97 Å². The largest absolute Gasteiger partial charge is 0.480 e. The number of imidazole rings is 1. The smallest absolute Gasteiger partial charge is 0.319 e. The van der Waals surface area contributed by atoms with Crippen molar-refractivity contribution in [2.24, 2.45) is 0 Å². The first-order chi connectivity index (χ1) is 16.0. The van der Waals surface area contributed by atoms with Crippen LogP contribution in [0.3, 0.4) is 0 Å². The van der Waals surface area contributed by atoms with Gasteiger partial charge in [0.1, 0.15) is 16.3 Å². The molecule has 0 saturated heterocycles. The summed E-state index contributed by atoms with van der Waals surface area (Å²) in [4.78, 5) is 30.2. The topological polar surface area (TPSA) is 93.4 Å². The van der Waals surface area contributed by atoms with Crippen LogP contribution in [0.2, 0.25) is 0 Å². The van der Waals surface area contributed by atoms with Crippen molar-refractivity contribution < 1.29 is 19.4 Å². The second-order valence-electron chi connectivity index (χ2n) is 8.66. The first-order valence-corrected chi connectivity index (χ1v) is 11.8. The zero-order chi connectivity index (χ0) is 25.0. The lowest BCUT2D eigenvalue weighted by atomic mass is 10.1. The molecule has 0 atom stereocenters. The lowest BCUT2D eigenvalue weighted by molar-refractivity contribution is -0.138. The summed E-state index contributed by atoms with van der Waals surface area (Å²) in [7, 11) is 1.64. The molecule has 0 fully saturated rings. The fourth-order valence-corrected chi connectivity index (χ4v) is 4.45. The third-order valence-corrected chi connectivity index (χ3v) is 7.00. The molecular formula is C26H31N3O4S. The molecule has 2 N–H and O–H groups in total.